The van der Waals surface area contributed by atoms with Gasteiger partial charge >= 0.3 is 5.97 Å². The Morgan fingerprint density at radius 3 is 2.94 bits per heavy atom. The molecule has 0 N–H and O–H groups in total. The highest BCUT2D eigenvalue weighted by molar-refractivity contribution is 9.10. The van der Waals surface area contributed by atoms with E-state index in [4.69, 9.17) is 16.3 Å². The highest BCUT2D eigenvalue weighted by Crippen LogP contribution is 2.33. The Morgan fingerprint density at radius 1 is 1.50 bits per heavy atom. The monoisotopic (exact) mass is 347 g/mol. The van der Waals surface area contributed by atoms with Gasteiger partial charge in [-0.1, -0.05) is 29.0 Å². The van der Waals surface area contributed by atoms with E-state index in [1.54, 1.807) is 24.3 Å². The van der Waals surface area contributed by atoms with Gasteiger partial charge in [0.15, 0.2) is 4.88 Å². The first kappa shape index (κ1) is 13.3. The third-order valence-electron chi connectivity index (χ3n) is 1.94. The number of esters is 1. The van der Waals surface area contributed by atoms with Gasteiger partial charge in [-0.15, -0.1) is 0 Å². The number of rotatable bonds is 3. The molecule has 1 heterocycles. The smallest absolute Gasteiger partial charge is 0.351 e. The average molecular weight is 349 g/mol. The highest BCUT2D eigenvalue weighted by atomic mass is 79.9. The van der Waals surface area contributed by atoms with Crippen molar-refractivity contribution in [2.75, 3.05) is 7.11 Å². The minimum Gasteiger partial charge on any atom is -0.465 e. The number of methoxy groups -OCH3 is 1. The summed E-state index contributed by atoms with van der Waals surface area (Å²) < 4.78 is 10.5. The summed E-state index contributed by atoms with van der Waals surface area (Å²) in [5, 5.41) is 0.904. The van der Waals surface area contributed by atoms with Gasteiger partial charge in [-0.05, 0) is 34.1 Å². The van der Waals surface area contributed by atoms with E-state index in [-0.39, 0.29) is 0 Å². The average Bonchev–Trinajstić information content (AvgIpc) is 2.69. The molecular weight excluding hydrogens is 342 g/mol. The van der Waals surface area contributed by atoms with Crippen LogP contribution < -0.4 is 4.74 Å². The topological polar surface area (TPSA) is 48.4 Å². The van der Waals surface area contributed by atoms with Gasteiger partial charge in [-0.2, -0.15) is 4.98 Å². The number of thiazole rings is 1. The maximum Gasteiger partial charge on any atom is 0.351 e. The van der Waals surface area contributed by atoms with Crippen molar-refractivity contribution in [1.82, 2.24) is 4.98 Å². The summed E-state index contributed by atoms with van der Waals surface area (Å²) in [5.74, 6) is 0.0977. The quantitative estimate of drug-likeness (QED) is 0.782. The molecule has 0 radical (unpaired) electrons. The van der Waals surface area contributed by atoms with Crippen LogP contribution in [0.1, 0.15) is 9.67 Å². The third kappa shape index (κ3) is 3.01. The van der Waals surface area contributed by atoms with E-state index in [0.29, 0.717) is 25.4 Å². The number of ether oxygens (including phenoxy) is 2. The van der Waals surface area contributed by atoms with Crippen LogP contribution in [0, 0.1) is 0 Å². The number of hydrogen-bond donors (Lipinski definition) is 0. The number of carbonyl (C=O) groups is 1. The number of aromatic nitrogens is 1. The van der Waals surface area contributed by atoms with Gasteiger partial charge in [0.2, 0.25) is 0 Å². The van der Waals surface area contributed by atoms with E-state index in [2.05, 4.69) is 25.7 Å². The normalized spacial score (nSPS) is 10.2. The van der Waals surface area contributed by atoms with Crippen LogP contribution in [-0.2, 0) is 4.74 Å². The van der Waals surface area contributed by atoms with Crippen LogP contribution in [0.5, 0.6) is 10.9 Å². The lowest BCUT2D eigenvalue weighted by atomic mass is 10.3. The lowest BCUT2D eigenvalue weighted by Crippen LogP contribution is -1.98. The van der Waals surface area contributed by atoms with E-state index in [9.17, 15) is 4.79 Å². The number of hydrogen-bond acceptors (Lipinski definition) is 5. The lowest BCUT2D eigenvalue weighted by Gasteiger charge is -2.00. The summed E-state index contributed by atoms with van der Waals surface area (Å²) >= 11 is 10.1. The summed E-state index contributed by atoms with van der Waals surface area (Å²) in [5.41, 5.74) is 0. The van der Waals surface area contributed by atoms with Crippen molar-refractivity contribution in [2.24, 2.45) is 0 Å². The van der Waals surface area contributed by atoms with Gasteiger partial charge in [-0.25, -0.2) is 4.79 Å². The Balaban J connectivity index is 2.23. The van der Waals surface area contributed by atoms with Crippen molar-refractivity contribution in [3.63, 3.8) is 0 Å². The molecule has 0 aliphatic heterocycles. The van der Waals surface area contributed by atoms with Crippen LogP contribution in [0.3, 0.4) is 0 Å². The zero-order valence-corrected chi connectivity index (χ0v) is 12.3. The Bertz CT molecular complexity index is 587. The minimum atomic E-state index is -0.458. The van der Waals surface area contributed by atoms with Gasteiger partial charge in [0.05, 0.1) is 7.11 Å². The maximum atomic E-state index is 11.4. The van der Waals surface area contributed by atoms with Crippen LogP contribution in [0.15, 0.2) is 28.9 Å². The molecule has 18 heavy (non-hydrogen) atoms. The Morgan fingerprint density at radius 2 is 2.28 bits per heavy atom. The summed E-state index contributed by atoms with van der Waals surface area (Å²) in [6.45, 7) is 0. The summed E-state index contributed by atoms with van der Waals surface area (Å²) in [6, 6.07) is 6.92. The second kappa shape index (κ2) is 5.69. The SMILES string of the molecule is COC(=O)c1sc(Oc2cccc(Cl)c2)nc1Br. The first-order chi connectivity index (χ1) is 8.60. The molecule has 4 nitrogen and oxygen atoms in total. The van der Waals surface area contributed by atoms with Gasteiger partial charge in [0.1, 0.15) is 10.4 Å². The molecule has 2 rings (SSSR count). The fourth-order valence-corrected chi connectivity index (χ4v) is 2.79. The fraction of sp³-hybridized carbons (Fsp3) is 0.0909. The van der Waals surface area contributed by atoms with Crippen molar-refractivity contribution >= 4 is 44.8 Å². The van der Waals surface area contributed by atoms with Crippen LogP contribution in [0.25, 0.3) is 0 Å². The summed E-state index contributed by atoms with van der Waals surface area (Å²) in [7, 11) is 1.31. The van der Waals surface area contributed by atoms with E-state index >= 15 is 0 Å². The Kier molecular flexibility index (Phi) is 4.21. The zero-order chi connectivity index (χ0) is 13.1. The largest absolute Gasteiger partial charge is 0.465 e. The van der Waals surface area contributed by atoms with Crippen LogP contribution in [-0.4, -0.2) is 18.1 Å². The van der Waals surface area contributed by atoms with Gasteiger partial charge in [0, 0.05) is 5.02 Å². The molecule has 0 fully saturated rings. The first-order valence-electron chi connectivity index (χ1n) is 4.78. The Labute approximate surface area is 121 Å². The standard InChI is InChI=1S/C11H7BrClNO3S/c1-16-10(15)8-9(12)14-11(18-8)17-7-4-2-3-6(13)5-7/h2-5H,1H3. The molecule has 0 aliphatic carbocycles. The predicted octanol–water partition coefficient (Wildman–Crippen LogP) is 4.14. The molecule has 0 spiro atoms. The van der Waals surface area contributed by atoms with E-state index in [1.165, 1.54) is 7.11 Å². The number of nitrogens with zero attached hydrogens (tertiary/aromatic N) is 1. The van der Waals surface area contributed by atoms with Crippen molar-refractivity contribution in [3.8, 4) is 10.9 Å². The zero-order valence-electron chi connectivity index (χ0n) is 9.15. The van der Waals surface area contributed by atoms with Crippen LogP contribution >= 0.6 is 38.9 Å². The van der Waals surface area contributed by atoms with E-state index in [0.717, 1.165) is 11.3 Å². The molecule has 0 atom stereocenters. The molecule has 7 heteroatoms. The van der Waals surface area contributed by atoms with Crippen molar-refractivity contribution in [2.45, 2.75) is 0 Å². The summed E-state index contributed by atoms with van der Waals surface area (Å²) in [6.07, 6.45) is 0. The van der Waals surface area contributed by atoms with E-state index in [1.807, 2.05) is 0 Å². The molecule has 94 valence electrons. The van der Waals surface area contributed by atoms with Crippen LogP contribution in [0.2, 0.25) is 5.02 Å². The predicted molar refractivity (Wildman–Crippen MR) is 72.7 cm³/mol. The molecule has 1 aromatic heterocycles. The van der Waals surface area contributed by atoms with Gasteiger partial charge in [0.25, 0.3) is 5.19 Å². The van der Waals surface area contributed by atoms with Gasteiger partial charge in [-0.3, -0.25) is 0 Å². The molecule has 0 unspecified atom stereocenters. The second-order valence-electron chi connectivity index (χ2n) is 3.15. The molecule has 0 saturated carbocycles. The van der Waals surface area contributed by atoms with Crippen molar-refractivity contribution in [3.05, 3.63) is 38.8 Å². The third-order valence-corrected chi connectivity index (χ3v) is 3.92. The number of carbonyl (C=O) groups excluding carboxylic acids is 1. The fourth-order valence-electron chi connectivity index (χ4n) is 1.18. The summed E-state index contributed by atoms with van der Waals surface area (Å²) in [4.78, 5) is 15.8. The molecule has 0 aliphatic rings. The first-order valence-corrected chi connectivity index (χ1v) is 6.77. The molecule has 0 amide bonds. The maximum absolute atomic E-state index is 11.4. The van der Waals surface area contributed by atoms with Crippen LogP contribution in [0.4, 0.5) is 0 Å². The van der Waals surface area contributed by atoms with Crippen molar-refractivity contribution < 1.29 is 14.3 Å². The molecule has 1 aromatic carbocycles. The Hall–Kier alpha value is -1.11. The van der Waals surface area contributed by atoms with Crippen molar-refractivity contribution in [1.29, 1.82) is 0 Å². The molecular formula is C11H7BrClNO3S. The lowest BCUT2D eigenvalue weighted by molar-refractivity contribution is 0.0605. The number of halogens is 2. The minimum absolute atomic E-state index is 0.338. The molecule has 0 saturated heterocycles. The second-order valence-corrected chi connectivity index (χ2v) is 5.30. The highest BCUT2D eigenvalue weighted by Gasteiger charge is 2.18. The molecule has 2 aromatic rings. The molecule has 0 bridgehead atoms. The number of benzene rings is 1. The van der Waals surface area contributed by atoms with E-state index < -0.39 is 5.97 Å². The van der Waals surface area contributed by atoms with Gasteiger partial charge < -0.3 is 9.47 Å².